The summed E-state index contributed by atoms with van der Waals surface area (Å²) in [6.07, 6.45) is 0. The summed E-state index contributed by atoms with van der Waals surface area (Å²) in [6, 6.07) is 1.90. The second-order valence-electron chi connectivity index (χ2n) is 4.91. The lowest BCUT2D eigenvalue weighted by Gasteiger charge is -2.21. The van der Waals surface area contributed by atoms with E-state index in [9.17, 15) is 17.6 Å². The van der Waals surface area contributed by atoms with Crippen molar-refractivity contribution in [3.05, 3.63) is 28.5 Å². The third-order valence-corrected chi connectivity index (χ3v) is 3.54. The van der Waals surface area contributed by atoms with E-state index in [4.69, 9.17) is 22.3 Å². The highest BCUT2D eigenvalue weighted by atomic mass is 35.7. The zero-order valence-electron chi connectivity index (χ0n) is 10.4. The van der Waals surface area contributed by atoms with Gasteiger partial charge in [0.25, 0.3) is 15.0 Å². The maximum atomic E-state index is 14.0. The molecule has 0 aliphatic rings. The number of carbonyl (C=O) groups excluding carboxylic acids is 1. The Balaban J connectivity index is 3.38. The van der Waals surface area contributed by atoms with Gasteiger partial charge in [0.1, 0.15) is 4.90 Å². The first-order valence-electron chi connectivity index (χ1n) is 5.18. The number of rotatable bonds is 2. The molecule has 0 atom stereocenters. The normalized spacial score (nSPS) is 12.3. The lowest BCUT2D eigenvalue weighted by molar-refractivity contribution is 0.0915. The molecule has 0 unspecified atom stereocenters. The van der Waals surface area contributed by atoms with Crippen molar-refractivity contribution in [1.29, 1.82) is 0 Å². The van der Waals surface area contributed by atoms with Gasteiger partial charge in [0.2, 0.25) is 0 Å². The van der Waals surface area contributed by atoms with Gasteiger partial charge in [0.15, 0.2) is 5.82 Å². The molecule has 1 aromatic rings. The smallest absolute Gasteiger partial charge is 0.264 e. The van der Waals surface area contributed by atoms with Crippen LogP contribution in [0, 0.1) is 5.82 Å². The first-order valence-corrected chi connectivity index (χ1v) is 7.87. The Bertz CT molecular complexity index is 624. The van der Waals surface area contributed by atoms with E-state index < -0.39 is 36.8 Å². The van der Waals surface area contributed by atoms with Crippen LogP contribution in [0.25, 0.3) is 0 Å². The number of nitrogens with one attached hydrogen (secondary N) is 1. The summed E-state index contributed by atoms with van der Waals surface area (Å²) >= 11 is 5.67. The predicted octanol–water partition coefficient (Wildman–Crippen LogP) is 2.93. The van der Waals surface area contributed by atoms with Crippen LogP contribution < -0.4 is 5.32 Å². The molecule has 0 aromatic heterocycles. The fraction of sp³-hybridized carbons (Fsp3) is 0.364. The van der Waals surface area contributed by atoms with Gasteiger partial charge in [0.05, 0.1) is 5.56 Å². The van der Waals surface area contributed by atoms with Crippen LogP contribution in [0.3, 0.4) is 0 Å². The van der Waals surface area contributed by atoms with E-state index in [1.54, 1.807) is 20.8 Å². The van der Waals surface area contributed by atoms with Gasteiger partial charge in [-0.15, -0.1) is 0 Å². The molecule has 0 spiro atoms. The highest BCUT2D eigenvalue weighted by molar-refractivity contribution is 8.13. The van der Waals surface area contributed by atoms with Gasteiger partial charge in [-0.3, -0.25) is 4.79 Å². The number of halogens is 3. The molecule has 19 heavy (non-hydrogen) atoms. The average Bonchev–Trinajstić information content (AvgIpc) is 2.16. The molecule has 0 radical (unpaired) electrons. The number of carbonyl (C=O) groups is 1. The highest BCUT2D eigenvalue weighted by Gasteiger charge is 2.25. The molecule has 1 rings (SSSR count). The standard InChI is InChI=1S/C11H12Cl2FNO3S/c1-11(2,3)15-10(16)7-4-6(12)5-8(9(7)14)19(13,17)18/h4-5H,1-3H3,(H,15,16). The largest absolute Gasteiger partial charge is 0.347 e. The van der Waals surface area contributed by atoms with Gasteiger partial charge >= 0.3 is 0 Å². The van der Waals surface area contributed by atoms with E-state index >= 15 is 0 Å². The van der Waals surface area contributed by atoms with Gasteiger partial charge < -0.3 is 5.32 Å². The van der Waals surface area contributed by atoms with Gasteiger partial charge in [-0.1, -0.05) is 11.6 Å². The average molecular weight is 328 g/mol. The molecule has 1 aromatic carbocycles. The molecule has 0 saturated heterocycles. The van der Waals surface area contributed by atoms with E-state index in [-0.39, 0.29) is 5.02 Å². The summed E-state index contributed by atoms with van der Waals surface area (Å²) in [4.78, 5) is 11.0. The van der Waals surface area contributed by atoms with Gasteiger partial charge in [0, 0.05) is 21.2 Å². The summed E-state index contributed by atoms with van der Waals surface area (Å²) < 4.78 is 36.4. The van der Waals surface area contributed by atoms with Crippen LogP contribution in [0.5, 0.6) is 0 Å². The topological polar surface area (TPSA) is 63.2 Å². The minimum Gasteiger partial charge on any atom is -0.347 e. The maximum absolute atomic E-state index is 14.0. The molecular weight excluding hydrogens is 316 g/mol. The molecule has 1 amide bonds. The molecule has 0 fully saturated rings. The summed E-state index contributed by atoms with van der Waals surface area (Å²) in [5, 5.41) is 2.41. The Morgan fingerprint density at radius 1 is 1.32 bits per heavy atom. The van der Waals surface area contributed by atoms with Crippen LogP contribution in [0.2, 0.25) is 5.02 Å². The van der Waals surface area contributed by atoms with E-state index in [1.807, 2.05) is 0 Å². The van der Waals surface area contributed by atoms with Gasteiger partial charge in [-0.2, -0.15) is 0 Å². The van der Waals surface area contributed by atoms with Crippen molar-refractivity contribution in [2.75, 3.05) is 0 Å². The van der Waals surface area contributed by atoms with Gasteiger partial charge in [-0.25, -0.2) is 12.8 Å². The minimum atomic E-state index is -4.32. The highest BCUT2D eigenvalue weighted by Crippen LogP contribution is 2.26. The van der Waals surface area contributed by atoms with Crippen LogP contribution in [-0.4, -0.2) is 19.9 Å². The molecular formula is C11H12Cl2FNO3S. The van der Waals surface area contributed by atoms with Crippen molar-refractivity contribution in [3.8, 4) is 0 Å². The quantitative estimate of drug-likeness (QED) is 0.849. The molecule has 0 saturated carbocycles. The fourth-order valence-electron chi connectivity index (χ4n) is 1.31. The zero-order chi connectivity index (χ0) is 15.0. The van der Waals surface area contributed by atoms with Crippen molar-refractivity contribution in [2.45, 2.75) is 31.2 Å². The van der Waals surface area contributed by atoms with Crippen molar-refractivity contribution in [3.63, 3.8) is 0 Å². The molecule has 0 bridgehead atoms. The fourth-order valence-corrected chi connectivity index (χ4v) is 2.53. The summed E-state index contributed by atoms with van der Waals surface area (Å²) in [5.41, 5.74) is -1.08. The SMILES string of the molecule is CC(C)(C)NC(=O)c1cc(Cl)cc(S(=O)(=O)Cl)c1F. The zero-order valence-corrected chi connectivity index (χ0v) is 12.7. The number of hydrogen-bond acceptors (Lipinski definition) is 3. The van der Waals surface area contributed by atoms with E-state index in [1.165, 1.54) is 0 Å². The maximum Gasteiger partial charge on any atom is 0.264 e. The van der Waals surface area contributed by atoms with Crippen molar-refractivity contribution in [1.82, 2.24) is 5.32 Å². The van der Waals surface area contributed by atoms with Crippen molar-refractivity contribution in [2.24, 2.45) is 0 Å². The Morgan fingerprint density at radius 2 is 1.84 bits per heavy atom. The lowest BCUT2D eigenvalue weighted by atomic mass is 10.1. The predicted molar refractivity (Wildman–Crippen MR) is 71.7 cm³/mol. The van der Waals surface area contributed by atoms with Crippen LogP contribution in [0.4, 0.5) is 4.39 Å². The van der Waals surface area contributed by atoms with Crippen LogP contribution >= 0.6 is 22.3 Å². The molecule has 0 aliphatic heterocycles. The summed E-state index contributed by atoms with van der Waals surface area (Å²) in [5.74, 6) is -1.99. The Kier molecular flexibility index (Phi) is 4.49. The van der Waals surface area contributed by atoms with Crippen LogP contribution in [0.15, 0.2) is 17.0 Å². The molecule has 0 aliphatic carbocycles. The third kappa shape index (κ3) is 4.33. The Morgan fingerprint density at radius 3 is 2.26 bits per heavy atom. The first-order chi connectivity index (χ1) is 8.42. The number of amides is 1. The third-order valence-electron chi connectivity index (χ3n) is 2.00. The first kappa shape index (κ1) is 16.2. The number of benzene rings is 1. The minimum absolute atomic E-state index is 0.0975. The van der Waals surface area contributed by atoms with E-state index in [0.717, 1.165) is 12.1 Å². The molecule has 8 heteroatoms. The molecule has 106 valence electrons. The second kappa shape index (κ2) is 5.26. The Labute approximate surface area is 120 Å². The summed E-state index contributed by atoms with van der Waals surface area (Å²) in [7, 11) is 0.765. The molecule has 4 nitrogen and oxygen atoms in total. The van der Waals surface area contributed by atoms with Gasteiger partial charge in [-0.05, 0) is 32.9 Å². The van der Waals surface area contributed by atoms with Crippen LogP contribution in [0.1, 0.15) is 31.1 Å². The molecule has 0 heterocycles. The van der Waals surface area contributed by atoms with Crippen molar-refractivity contribution < 1.29 is 17.6 Å². The lowest BCUT2D eigenvalue weighted by Crippen LogP contribution is -2.41. The van der Waals surface area contributed by atoms with E-state index in [2.05, 4.69) is 5.32 Å². The van der Waals surface area contributed by atoms with Crippen molar-refractivity contribution >= 4 is 37.2 Å². The van der Waals surface area contributed by atoms with Crippen LogP contribution in [-0.2, 0) is 9.05 Å². The number of hydrogen-bond donors (Lipinski definition) is 1. The van der Waals surface area contributed by atoms with E-state index in [0.29, 0.717) is 0 Å². The second-order valence-corrected chi connectivity index (χ2v) is 7.88. The molecule has 1 N–H and O–H groups in total. The summed E-state index contributed by atoms with van der Waals surface area (Å²) in [6.45, 7) is 5.10. The Hall–Kier alpha value is -0.850. The monoisotopic (exact) mass is 327 g/mol.